The van der Waals surface area contributed by atoms with Gasteiger partial charge in [0.1, 0.15) is 0 Å². The van der Waals surface area contributed by atoms with Crippen LogP contribution in [0.5, 0.6) is 0 Å². The highest BCUT2D eigenvalue weighted by Gasteiger charge is 2.29. The van der Waals surface area contributed by atoms with Gasteiger partial charge in [-0.3, -0.25) is 4.79 Å². The van der Waals surface area contributed by atoms with E-state index in [1.54, 1.807) is 6.92 Å². The van der Waals surface area contributed by atoms with Crippen molar-refractivity contribution in [1.82, 2.24) is 9.55 Å². The lowest BCUT2D eigenvalue weighted by molar-refractivity contribution is 0.509. The highest BCUT2D eigenvalue weighted by molar-refractivity contribution is 6.00. The molecule has 0 amide bonds. The fourth-order valence-electron chi connectivity index (χ4n) is 2.59. The molecule has 0 aliphatic heterocycles. The first-order valence-corrected chi connectivity index (χ1v) is 6.36. The van der Waals surface area contributed by atoms with Crippen molar-refractivity contribution in [3.8, 4) is 0 Å². The number of halogens is 2. The highest BCUT2D eigenvalue weighted by atomic mass is 19.2. The van der Waals surface area contributed by atoms with Crippen LogP contribution in [0.25, 0.3) is 22.0 Å². The van der Waals surface area contributed by atoms with Gasteiger partial charge in [0.05, 0.1) is 5.52 Å². The molecule has 0 radical (unpaired) electrons. The fourth-order valence-corrected chi connectivity index (χ4v) is 2.59. The Bertz CT molecular complexity index is 922. The van der Waals surface area contributed by atoms with Crippen LogP contribution in [0.3, 0.4) is 0 Å². The molecule has 3 aromatic rings. The third kappa shape index (κ3) is 1.44. The number of pyridine rings is 1. The van der Waals surface area contributed by atoms with Crippen molar-refractivity contribution in [2.24, 2.45) is 0 Å². The average Bonchev–Trinajstić information content (AvgIpc) is 3.14. The Morgan fingerprint density at radius 3 is 2.70 bits per heavy atom. The molecule has 1 fully saturated rings. The van der Waals surface area contributed by atoms with Gasteiger partial charge in [-0.2, -0.15) is 0 Å². The van der Waals surface area contributed by atoms with Gasteiger partial charge in [-0.05, 0) is 18.9 Å². The molecule has 6 heteroatoms. The second-order valence-electron chi connectivity index (χ2n) is 5.10. The molecule has 1 aliphatic carbocycles. The number of nitrogens with zero attached hydrogens (tertiary/aromatic N) is 2. The first kappa shape index (κ1) is 11.6. The largest absolute Gasteiger partial charge is 0.440 e. The van der Waals surface area contributed by atoms with Crippen LogP contribution in [0, 0.1) is 18.6 Å². The third-order valence-electron chi connectivity index (χ3n) is 3.61. The predicted molar refractivity (Wildman–Crippen MR) is 68.7 cm³/mol. The van der Waals surface area contributed by atoms with Crippen molar-refractivity contribution in [3.63, 3.8) is 0 Å². The summed E-state index contributed by atoms with van der Waals surface area (Å²) in [7, 11) is 0. The van der Waals surface area contributed by atoms with Crippen molar-refractivity contribution >= 4 is 22.0 Å². The number of aryl methyl sites for hydroxylation is 1. The number of oxazole rings is 1. The molecule has 20 heavy (non-hydrogen) atoms. The zero-order valence-electron chi connectivity index (χ0n) is 10.6. The summed E-state index contributed by atoms with van der Waals surface area (Å²) >= 11 is 0. The van der Waals surface area contributed by atoms with Crippen LogP contribution in [0.1, 0.15) is 24.8 Å². The first-order chi connectivity index (χ1) is 9.56. The lowest BCUT2D eigenvalue weighted by atomic mass is 10.1. The Labute approximate surface area is 111 Å². The van der Waals surface area contributed by atoms with E-state index in [0.29, 0.717) is 16.8 Å². The van der Waals surface area contributed by atoms with E-state index in [2.05, 4.69) is 4.98 Å². The van der Waals surface area contributed by atoms with E-state index in [1.807, 2.05) is 0 Å². The van der Waals surface area contributed by atoms with Gasteiger partial charge in [-0.1, -0.05) is 0 Å². The Balaban J connectivity index is 2.29. The van der Waals surface area contributed by atoms with Crippen LogP contribution in [0.2, 0.25) is 0 Å². The Hall–Kier alpha value is -2.24. The van der Waals surface area contributed by atoms with E-state index in [1.165, 1.54) is 4.57 Å². The summed E-state index contributed by atoms with van der Waals surface area (Å²) in [5.41, 5.74) is 0.448. The smallest absolute Gasteiger partial charge is 0.281 e. The molecule has 0 saturated heterocycles. The maximum Gasteiger partial charge on any atom is 0.281 e. The first-order valence-electron chi connectivity index (χ1n) is 6.36. The van der Waals surface area contributed by atoms with Crippen molar-refractivity contribution < 1.29 is 13.2 Å². The predicted octanol–water partition coefficient (Wildman–Crippen LogP) is 3.06. The molecule has 4 rings (SSSR count). The average molecular weight is 276 g/mol. The number of aromatic nitrogens is 2. The Morgan fingerprint density at radius 2 is 2.00 bits per heavy atom. The van der Waals surface area contributed by atoms with Crippen LogP contribution in [0.15, 0.2) is 21.3 Å². The summed E-state index contributed by atoms with van der Waals surface area (Å²) in [6.07, 6.45) is 1.71. The number of benzene rings is 1. The molecule has 0 bridgehead atoms. The minimum Gasteiger partial charge on any atom is -0.440 e. The quantitative estimate of drug-likeness (QED) is 0.686. The molecular formula is C14H10F2N2O2. The molecule has 1 aliphatic rings. The number of hydrogen-bond acceptors (Lipinski definition) is 3. The maximum absolute atomic E-state index is 13.5. The summed E-state index contributed by atoms with van der Waals surface area (Å²) < 4.78 is 33.9. The van der Waals surface area contributed by atoms with Crippen molar-refractivity contribution in [3.05, 3.63) is 40.0 Å². The van der Waals surface area contributed by atoms with Gasteiger partial charge >= 0.3 is 0 Å². The summed E-state index contributed by atoms with van der Waals surface area (Å²) in [4.78, 5) is 16.5. The molecule has 102 valence electrons. The Kier molecular flexibility index (Phi) is 2.11. The van der Waals surface area contributed by atoms with E-state index in [0.717, 1.165) is 25.0 Å². The van der Waals surface area contributed by atoms with E-state index in [9.17, 15) is 13.6 Å². The molecule has 0 spiro atoms. The van der Waals surface area contributed by atoms with E-state index >= 15 is 0 Å². The van der Waals surface area contributed by atoms with E-state index in [-0.39, 0.29) is 22.7 Å². The summed E-state index contributed by atoms with van der Waals surface area (Å²) in [5.74, 6) is -1.60. The van der Waals surface area contributed by atoms with E-state index < -0.39 is 11.6 Å². The molecule has 2 heterocycles. The van der Waals surface area contributed by atoms with Gasteiger partial charge in [0, 0.05) is 24.4 Å². The normalized spacial score (nSPS) is 15.3. The van der Waals surface area contributed by atoms with Gasteiger partial charge in [-0.25, -0.2) is 13.8 Å². The van der Waals surface area contributed by atoms with Crippen LogP contribution >= 0.6 is 0 Å². The molecule has 1 aromatic carbocycles. The molecule has 0 unspecified atom stereocenters. The van der Waals surface area contributed by atoms with Crippen LogP contribution in [-0.2, 0) is 0 Å². The maximum atomic E-state index is 13.5. The lowest BCUT2D eigenvalue weighted by Gasteiger charge is -2.09. The fraction of sp³-hybridized carbons (Fsp3) is 0.286. The molecule has 0 atom stereocenters. The number of hydrogen-bond donors (Lipinski definition) is 0. The minimum absolute atomic E-state index is 0.0382. The molecule has 2 aromatic heterocycles. The minimum atomic E-state index is -0.970. The molecular weight excluding hydrogens is 266 g/mol. The standard InChI is InChI=1S/C14H10F2N2O2/c1-6-17-12-13(20-6)8-4-9(15)10(16)5-11(8)18(14(12)19)7-2-3-7/h4-5,7H,2-3H2,1H3. The SMILES string of the molecule is Cc1nc2c(=O)n(C3CC3)c3cc(F)c(F)cc3c2o1. The number of rotatable bonds is 1. The summed E-state index contributed by atoms with van der Waals surface area (Å²) in [6, 6.07) is 2.16. The third-order valence-corrected chi connectivity index (χ3v) is 3.61. The second-order valence-corrected chi connectivity index (χ2v) is 5.10. The van der Waals surface area contributed by atoms with Crippen molar-refractivity contribution in [2.45, 2.75) is 25.8 Å². The summed E-state index contributed by atoms with van der Waals surface area (Å²) in [5, 5.41) is 0.381. The van der Waals surface area contributed by atoms with Gasteiger partial charge in [0.15, 0.2) is 28.6 Å². The topological polar surface area (TPSA) is 48.0 Å². The lowest BCUT2D eigenvalue weighted by Crippen LogP contribution is -2.20. The summed E-state index contributed by atoms with van der Waals surface area (Å²) in [6.45, 7) is 1.62. The van der Waals surface area contributed by atoms with Crippen LogP contribution in [0.4, 0.5) is 8.78 Å². The van der Waals surface area contributed by atoms with E-state index in [4.69, 9.17) is 4.42 Å². The molecule has 0 N–H and O–H groups in total. The molecule has 1 saturated carbocycles. The zero-order chi connectivity index (χ0) is 14.0. The van der Waals surface area contributed by atoms with Gasteiger partial charge in [-0.15, -0.1) is 0 Å². The number of fused-ring (bicyclic) bond motifs is 3. The highest BCUT2D eigenvalue weighted by Crippen LogP contribution is 2.37. The van der Waals surface area contributed by atoms with Crippen LogP contribution in [-0.4, -0.2) is 9.55 Å². The van der Waals surface area contributed by atoms with Gasteiger partial charge in [0.25, 0.3) is 5.56 Å². The second kappa shape index (κ2) is 3.65. The zero-order valence-corrected chi connectivity index (χ0v) is 10.6. The van der Waals surface area contributed by atoms with Crippen LogP contribution < -0.4 is 5.56 Å². The molecule has 4 nitrogen and oxygen atoms in total. The van der Waals surface area contributed by atoms with Crippen molar-refractivity contribution in [2.75, 3.05) is 0 Å². The van der Waals surface area contributed by atoms with Gasteiger partial charge < -0.3 is 8.98 Å². The van der Waals surface area contributed by atoms with Crippen molar-refractivity contribution in [1.29, 1.82) is 0 Å². The Morgan fingerprint density at radius 1 is 1.30 bits per heavy atom. The van der Waals surface area contributed by atoms with Gasteiger partial charge in [0.2, 0.25) is 0 Å². The monoisotopic (exact) mass is 276 g/mol.